The lowest BCUT2D eigenvalue weighted by atomic mass is 9.82. The zero-order valence-electron chi connectivity index (χ0n) is 16.6. The van der Waals surface area contributed by atoms with Gasteiger partial charge in [0.15, 0.2) is 0 Å². The first kappa shape index (κ1) is 20.1. The number of aliphatic carboxylic acids is 1. The predicted molar refractivity (Wildman–Crippen MR) is 110 cm³/mol. The van der Waals surface area contributed by atoms with E-state index in [9.17, 15) is 19.5 Å². The predicted octanol–water partition coefficient (Wildman–Crippen LogP) is 4.05. The van der Waals surface area contributed by atoms with Crippen LogP contribution in [0.25, 0.3) is 0 Å². The van der Waals surface area contributed by atoms with Crippen LogP contribution in [0.2, 0.25) is 0 Å². The molecule has 0 aromatic carbocycles. The molecule has 0 aliphatic heterocycles. The standard InChI is InChI=1S/C22H27NO5S/c1-2-10-28-22(27)18-14-6-4-3-5-7-15(14)29-20(18)23-19(24)16-12-8-9-13(11-12)17(16)21(25)26/h8-9,12-13,16-17H,2-7,10-11H2,1H3,(H,23,24)(H,25,26)/t12-,13-,16-,17+/m0/s1. The number of nitrogens with one attached hydrogen (secondary N) is 1. The third-order valence-corrected chi connectivity index (χ3v) is 7.55. The maximum absolute atomic E-state index is 13.1. The summed E-state index contributed by atoms with van der Waals surface area (Å²) in [5, 5.41) is 13.1. The highest BCUT2D eigenvalue weighted by Gasteiger charge is 2.51. The van der Waals surface area contributed by atoms with Crippen LogP contribution < -0.4 is 5.32 Å². The van der Waals surface area contributed by atoms with Crippen LogP contribution in [-0.4, -0.2) is 29.6 Å². The summed E-state index contributed by atoms with van der Waals surface area (Å²) in [5.41, 5.74) is 1.49. The molecule has 0 radical (unpaired) electrons. The molecule has 0 spiro atoms. The van der Waals surface area contributed by atoms with Crippen LogP contribution in [-0.2, 0) is 27.2 Å². The smallest absolute Gasteiger partial charge is 0.341 e. The van der Waals surface area contributed by atoms with E-state index in [1.807, 2.05) is 19.1 Å². The Kier molecular flexibility index (Phi) is 5.76. The van der Waals surface area contributed by atoms with Crippen LogP contribution in [0.1, 0.15) is 59.8 Å². The Morgan fingerprint density at radius 3 is 2.59 bits per heavy atom. The molecular formula is C22H27NO5S. The second-order valence-corrected chi connectivity index (χ2v) is 9.34. The first-order valence-corrected chi connectivity index (χ1v) is 11.4. The number of esters is 1. The molecule has 3 aliphatic rings. The molecule has 3 aliphatic carbocycles. The summed E-state index contributed by atoms with van der Waals surface area (Å²) in [5.74, 6) is -3.02. The highest BCUT2D eigenvalue weighted by Crippen LogP contribution is 2.49. The summed E-state index contributed by atoms with van der Waals surface area (Å²) in [6.45, 7) is 2.29. The number of fused-ring (bicyclic) bond motifs is 3. The first-order chi connectivity index (χ1) is 14.0. The Bertz CT molecular complexity index is 858. The molecule has 0 unspecified atom stereocenters. The van der Waals surface area contributed by atoms with Crippen molar-refractivity contribution in [2.45, 2.75) is 51.9 Å². The zero-order valence-corrected chi connectivity index (χ0v) is 17.4. The lowest BCUT2D eigenvalue weighted by Crippen LogP contribution is -2.36. The number of ether oxygens (including phenoxy) is 1. The van der Waals surface area contributed by atoms with E-state index in [1.165, 1.54) is 11.3 Å². The highest BCUT2D eigenvalue weighted by molar-refractivity contribution is 7.17. The van der Waals surface area contributed by atoms with Crippen molar-refractivity contribution < 1.29 is 24.2 Å². The van der Waals surface area contributed by atoms with E-state index < -0.39 is 17.8 Å². The van der Waals surface area contributed by atoms with Crippen LogP contribution in [0, 0.1) is 23.7 Å². The Morgan fingerprint density at radius 2 is 1.86 bits per heavy atom. The molecule has 1 amide bonds. The maximum atomic E-state index is 13.1. The fourth-order valence-corrected chi connectivity index (χ4v) is 6.31. The number of amides is 1. The average molecular weight is 418 g/mol. The van der Waals surface area contributed by atoms with Gasteiger partial charge in [-0.2, -0.15) is 0 Å². The number of hydrogen-bond donors (Lipinski definition) is 2. The van der Waals surface area contributed by atoms with Gasteiger partial charge < -0.3 is 15.2 Å². The van der Waals surface area contributed by atoms with E-state index in [-0.39, 0.29) is 23.7 Å². The van der Waals surface area contributed by atoms with Gasteiger partial charge in [0, 0.05) is 4.88 Å². The number of aryl methyl sites for hydroxylation is 1. The summed E-state index contributed by atoms with van der Waals surface area (Å²) in [6.07, 6.45) is 10.3. The van der Waals surface area contributed by atoms with Gasteiger partial charge in [0.2, 0.25) is 5.91 Å². The molecule has 7 heteroatoms. The van der Waals surface area contributed by atoms with Crippen LogP contribution in [0.3, 0.4) is 0 Å². The van der Waals surface area contributed by atoms with Crippen LogP contribution in [0.15, 0.2) is 12.2 Å². The molecule has 1 saturated carbocycles. The minimum atomic E-state index is -0.924. The molecule has 29 heavy (non-hydrogen) atoms. The number of allylic oxidation sites excluding steroid dienone is 2. The number of carbonyl (C=O) groups excluding carboxylic acids is 2. The number of hydrogen-bond acceptors (Lipinski definition) is 5. The first-order valence-electron chi connectivity index (χ1n) is 10.5. The molecule has 0 saturated heterocycles. The van der Waals surface area contributed by atoms with E-state index in [1.54, 1.807) is 0 Å². The molecule has 1 aromatic heterocycles. The molecule has 1 aromatic rings. The van der Waals surface area contributed by atoms with Gasteiger partial charge in [0.25, 0.3) is 0 Å². The quantitative estimate of drug-likeness (QED) is 0.414. The van der Waals surface area contributed by atoms with Crippen molar-refractivity contribution in [3.05, 3.63) is 28.2 Å². The lowest BCUT2D eigenvalue weighted by molar-refractivity contribution is -0.146. The van der Waals surface area contributed by atoms with Crippen LogP contribution >= 0.6 is 11.3 Å². The number of thiophene rings is 1. The molecule has 1 heterocycles. The summed E-state index contributed by atoms with van der Waals surface area (Å²) in [7, 11) is 0. The van der Waals surface area contributed by atoms with Crippen molar-refractivity contribution in [2.24, 2.45) is 23.7 Å². The van der Waals surface area contributed by atoms with Crippen molar-refractivity contribution in [1.82, 2.24) is 0 Å². The summed E-state index contributed by atoms with van der Waals surface area (Å²) in [4.78, 5) is 38.8. The number of carbonyl (C=O) groups is 3. The number of carboxylic acids is 1. The van der Waals surface area contributed by atoms with Gasteiger partial charge in [-0.25, -0.2) is 4.79 Å². The van der Waals surface area contributed by atoms with E-state index in [2.05, 4.69) is 5.32 Å². The maximum Gasteiger partial charge on any atom is 0.341 e. The number of anilines is 1. The van der Waals surface area contributed by atoms with Crippen LogP contribution in [0.5, 0.6) is 0 Å². The third-order valence-electron chi connectivity index (χ3n) is 6.35. The number of carboxylic acid groups (broad SMARTS) is 1. The van der Waals surface area contributed by atoms with Gasteiger partial charge in [-0.15, -0.1) is 11.3 Å². The summed E-state index contributed by atoms with van der Waals surface area (Å²) < 4.78 is 5.41. The van der Waals surface area contributed by atoms with E-state index in [0.717, 1.165) is 49.0 Å². The second kappa shape index (κ2) is 8.30. The monoisotopic (exact) mass is 417 g/mol. The van der Waals surface area contributed by atoms with Gasteiger partial charge in [-0.1, -0.05) is 25.5 Å². The Labute approximate surface area is 174 Å². The fourth-order valence-electron chi connectivity index (χ4n) is 5.03. The Balaban J connectivity index is 1.62. The minimum absolute atomic E-state index is 0.0469. The van der Waals surface area contributed by atoms with Gasteiger partial charge in [-0.05, 0) is 55.9 Å². The molecular weight excluding hydrogens is 390 g/mol. The SMILES string of the molecule is CCCOC(=O)c1c(NC(=O)[C@@H]2[C@H](C(=O)O)[C@H]3C=C[C@H]2C3)sc2c1CCCCC2. The highest BCUT2D eigenvalue weighted by atomic mass is 32.1. The van der Waals surface area contributed by atoms with Crippen molar-refractivity contribution in [3.63, 3.8) is 0 Å². The van der Waals surface area contributed by atoms with Crippen molar-refractivity contribution in [2.75, 3.05) is 11.9 Å². The normalized spacial score (nSPS) is 27.3. The van der Waals surface area contributed by atoms with Gasteiger partial charge >= 0.3 is 11.9 Å². The largest absolute Gasteiger partial charge is 0.481 e. The molecule has 4 rings (SSSR count). The van der Waals surface area contributed by atoms with Crippen LogP contribution in [0.4, 0.5) is 5.00 Å². The molecule has 4 atom stereocenters. The van der Waals surface area contributed by atoms with Gasteiger partial charge in [0.1, 0.15) is 5.00 Å². The Hall–Kier alpha value is -2.15. The third kappa shape index (κ3) is 3.72. The molecule has 2 bridgehead atoms. The molecule has 6 nitrogen and oxygen atoms in total. The molecule has 1 fully saturated rings. The zero-order chi connectivity index (χ0) is 20.5. The second-order valence-electron chi connectivity index (χ2n) is 8.23. The fraction of sp³-hybridized carbons (Fsp3) is 0.591. The summed E-state index contributed by atoms with van der Waals surface area (Å²) in [6, 6.07) is 0. The Morgan fingerprint density at radius 1 is 1.14 bits per heavy atom. The van der Waals surface area contributed by atoms with E-state index in [4.69, 9.17) is 4.74 Å². The molecule has 2 N–H and O–H groups in total. The summed E-state index contributed by atoms with van der Waals surface area (Å²) >= 11 is 1.46. The van der Waals surface area contributed by atoms with Crippen molar-refractivity contribution in [1.29, 1.82) is 0 Å². The van der Waals surface area contributed by atoms with Gasteiger partial charge in [-0.3, -0.25) is 9.59 Å². The average Bonchev–Trinajstić information content (AvgIpc) is 3.35. The van der Waals surface area contributed by atoms with Gasteiger partial charge in [0.05, 0.1) is 24.0 Å². The topological polar surface area (TPSA) is 92.7 Å². The lowest BCUT2D eigenvalue weighted by Gasteiger charge is -2.23. The van der Waals surface area contributed by atoms with E-state index >= 15 is 0 Å². The van der Waals surface area contributed by atoms with Crippen molar-refractivity contribution in [3.8, 4) is 0 Å². The molecule has 156 valence electrons. The van der Waals surface area contributed by atoms with E-state index in [0.29, 0.717) is 23.6 Å². The van der Waals surface area contributed by atoms with Crippen molar-refractivity contribution >= 4 is 34.2 Å². The minimum Gasteiger partial charge on any atom is -0.481 e. The number of rotatable bonds is 6.